The zero-order valence-corrected chi connectivity index (χ0v) is 12.1. The summed E-state index contributed by atoms with van der Waals surface area (Å²) in [6, 6.07) is 8.67. The lowest BCUT2D eigenvalue weighted by Gasteiger charge is -2.10. The van der Waals surface area contributed by atoms with Crippen LogP contribution in [0.2, 0.25) is 0 Å². The van der Waals surface area contributed by atoms with Gasteiger partial charge in [-0.1, -0.05) is 12.1 Å². The van der Waals surface area contributed by atoms with Gasteiger partial charge < -0.3 is 14.8 Å². The van der Waals surface area contributed by atoms with Crippen molar-refractivity contribution in [2.75, 3.05) is 19.0 Å². The van der Waals surface area contributed by atoms with Gasteiger partial charge in [-0.2, -0.15) is 13.2 Å². The first kappa shape index (κ1) is 16.6. The molecule has 0 saturated carbocycles. The van der Waals surface area contributed by atoms with Gasteiger partial charge in [-0.15, -0.1) is 0 Å². The molecule has 23 heavy (non-hydrogen) atoms. The number of aromatic nitrogens is 1. The second-order valence-corrected chi connectivity index (χ2v) is 4.42. The monoisotopic (exact) mass is 326 g/mol. The van der Waals surface area contributed by atoms with Gasteiger partial charge in [0.1, 0.15) is 5.82 Å². The highest BCUT2D eigenvalue weighted by atomic mass is 19.4. The lowest BCUT2D eigenvalue weighted by Crippen LogP contribution is -2.21. The molecule has 0 radical (unpaired) electrons. The number of amides is 1. The number of methoxy groups -OCH3 is 1. The molecule has 2 rings (SSSR count). The number of ether oxygens (including phenoxy) is 2. The first-order valence-corrected chi connectivity index (χ1v) is 6.49. The smallest absolute Gasteiger partial charge is 0.417 e. The number of pyridine rings is 1. The van der Waals surface area contributed by atoms with Crippen LogP contribution in [0.4, 0.5) is 19.0 Å². The molecule has 0 atom stereocenters. The highest BCUT2D eigenvalue weighted by molar-refractivity contribution is 5.90. The summed E-state index contributed by atoms with van der Waals surface area (Å²) in [6.07, 6.45) is -3.82. The van der Waals surface area contributed by atoms with Crippen LogP contribution in [-0.2, 0) is 11.0 Å². The normalized spacial score (nSPS) is 11.0. The Morgan fingerprint density at radius 1 is 1.17 bits per heavy atom. The zero-order valence-electron chi connectivity index (χ0n) is 12.1. The fourth-order valence-corrected chi connectivity index (χ4v) is 1.70. The fourth-order valence-electron chi connectivity index (χ4n) is 1.70. The highest BCUT2D eigenvalue weighted by Crippen LogP contribution is 2.29. The third-order valence-electron chi connectivity index (χ3n) is 2.79. The molecule has 8 heteroatoms. The van der Waals surface area contributed by atoms with Crippen LogP contribution in [-0.4, -0.2) is 24.6 Å². The Kier molecular flexibility index (Phi) is 5.05. The maximum Gasteiger partial charge on any atom is 0.417 e. The van der Waals surface area contributed by atoms with E-state index in [1.165, 1.54) is 7.11 Å². The van der Waals surface area contributed by atoms with Crippen LogP contribution in [0.1, 0.15) is 5.56 Å². The number of carbonyl (C=O) groups is 1. The van der Waals surface area contributed by atoms with Crippen molar-refractivity contribution in [3.8, 4) is 11.5 Å². The second kappa shape index (κ2) is 6.99. The van der Waals surface area contributed by atoms with Gasteiger partial charge in [0.05, 0.1) is 12.7 Å². The summed E-state index contributed by atoms with van der Waals surface area (Å²) in [5, 5.41) is 2.35. The van der Waals surface area contributed by atoms with Gasteiger partial charge in [0, 0.05) is 6.20 Å². The first-order valence-electron chi connectivity index (χ1n) is 6.49. The molecular formula is C15H13F3N2O3. The van der Waals surface area contributed by atoms with Crippen molar-refractivity contribution in [3.63, 3.8) is 0 Å². The third-order valence-corrected chi connectivity index (χ3v) is 2.79. The SMILES string of the molecule is COc1ccccc1OCC(=O)Nc1ccc(C(F)(F)F)cn1. The lowest BCUT2D eigenvalue weighted by atomic mass is 10.3. The maximum absolute atomic E-state index is 12.4. The van der Waals surface area contributed by atoms with E-state index in [2.05, 4.69) is 10.3 Å². The summed E-state index contributed by atoms with van der Waals surface area (Å²) in [6.45, 7) is -0.330. The number of nitrogens with one attached hydrogen (secondary N) is 1. The van der Waals surface area contributed by atoms with Crippen LogP contribution in [0.25, 0.3) is 0 Å². The highest BCUT2D eigenvalue weighted by Gasteiger charge is 2.30. The minimum Gasteiger partial charge on any atom is -0.493 e. The summed E-state index contributed by atoms with van der Waals surface area (Å²) in [7, 11) is 1.47. The topological polar surface area (TPSA) is 60.5 Å². The van der Waals surface area contributed by atoms with E-state index in [-0.39, 0.29) is 12.4 Å². The van der Waals surface area contributed by atoms with Crippen molar-refractivity contribution in [1.29, 1.82) is 0 Å². The Bertz CT molecular complexity index is 672. The van der Waals surface area contributed by atoms with Crippen molar-refractivity contribution < 1.29 is 27.4 Å². The summed E-state index contributed by atoms with van der Waals surface area (Å²) >= 11 is 0. The number of anilines is 1. The van der Waals surface area contributed by atoms with Crippen LogP contribution < -0.4 is 14.8 Å². The van der Waals surface area contributed by atoms with E-state index >= 15 is 0 Å². The Morgan fingerprint density at radius 2 is 1.87 bits per heavy atom. The van der Waals surface area contributed by atoms with E-state index in [1.54, 1.807) is 24.3 Å². The van der Waals surface area contributed by atoms with Crippen LogP contribution >= 0.6 is 0 Å². The van der Waals surface area contributed by atoms with E-state index in [0.29, 0.717) is 17.7 Å². The molecule has 0 aliphatic heterocycles. The van der Waals surface area contributed by atoms with Crippen LogP contribution in [0.3, 0.4) is 0 Å². The molecule has 0 fully saturated rings. The quantitative estimate of drug-likeness (QED) is 0.917. The van der Waals surface area contributed by atoms with Gasteiger partial charge >= 0.3 is 6.18 Å². The summed E-state index contributed by atoms with van der Waals surface area (Å²) in [5.74, 6) is 0.299. The van der Waals surface area contributed by atoms with E-state index in [9.17, 15) is 18.0 Å². The van der Waals surface area contributed by atoms with E-state index in [1.807, 2.05) is 0 Å². The molecular weight excluding hydrogens is 313 g/mol. The number of alkyl halides is 3. The van der Waals surface area contributed by atoms with Crippen molar-refractivity contribution >= 4 is 11.7 Å². The number of rotatable bonds is 5. The molecule has 0 aliphatic carbocycles. The molecule has 0 aliphatic rings. The Balaban J connectivity index is 1.92. The van der Waals surface area contributed by atoms with Gasteiger partial charge in [-0.25, -0.2) is 4.98 Å². The lowest BCUT2D eigenvalue weighted by molar-refractivity contribution is -0.137. The van der Waals surface area contributed by atoms with Gasteiger partial charge in [0.2, 0.25) is 0 Å². The molecule has 1 heterocycles. The van der Waals surface area contributed by atoms with Gasteiger partial charge in [0.25, 0.3) is 5.91 Å². The van der Waals surface area contributed by atoms with Gasteiger partial charge in [0.15, 0.2) is 18.1 Å². The molecule has 1 N–H and O–H groups in total. The molecule has 1 aromatic carbocycles. The molecule has 0 spiro atoms. The average Bonchev–Trinajstić information content (AvgIpc) is 2.53. The summed E-state index contributed by atoms with van der Waals surface area (Å²) in [5.41, 5.74) is -0.888. The van der Waals surface area contributed by atoms with Crippen LogP contribution in [0.15, 0.2) is 42.6 Å². The molecule has 0 bridgehead atoms. The average molecular weight is 326 g/mol. The molecule has 5 nitrogen and oxygen atoms in total. The van der Waals surface area contributed by atoms with Gasteiger partial charge in [-0.05, 0) is 24.3 Å². The van der Waals surface area contributed by atoms with E-state index < -0.39 is 17.6 Å². The molecule has 0 saturated heterocycles. The number of hydrogen-bond donors (Lipinski definition) is 1. The number of benzene rings is 1. The number of hydrogen-bond acceptors (Lipinski definition) is 4. The minimum absolute atomic E-state index is 0.00614. The van der Waals surface area contributed by atoms with Crippen LogP contribution in [0, 0.1) is 0 Å². The molecule has 0 unspecified atom stereocenters. The third kappa shape index (κ3) is 4.60. The van der Waals surface area contributed by atoms with E-state index in [0.717, 1.165) is 12.1 Å². The Hall–Kier alpha value is -2.77. The van der Waals surface area contributed by atoms with Crippen molar-refractivity contribution in [2.45, 2.75) is 6.18 Å². The molecule has 2 aromatic rings. The second-order valence-electron chi connectivity index (χ2n) is 4.42. The molecule has 1 aromatic heterocycles. The predicted molar refractivity (Wildman–Crippen MR) is 76.4 cm³/mol. The Morgan fingerprint density at radius 3 is 2.43 bits per heavy atom. The van der Waals surface area contributed by atoms with E-state index in [4.69, 9.17) is 9.47 Å². The first-order chi connectivity index (χ1) is 10.9. The number of carbonyl (C=O) groups excluding carboxylic acids is 1. The van der Waals surface area contributed by atoms with Crippen LogP contribution in [0.5, 0.6) is 11.5 Å². The minimum atomic E-state index is -4.47. The molecule has 122 valence electrons. The number of para-hydroxylation sites is 2. The van der Waals surface area contributed by atoms with Crippen molar-refractivity contribution in [1.82, 2.24) is 4.98 Å². The zero-order chi connectivity index (χ0) is 16.9. The molecule has 1 amide bonds. The van der Waals surface area contributed by atoms with Crippen molar-refractivity contribution in [3.05, 3.63) is 48.2 Å². The number of nitrogens with zero attached hydrogens (tertiary/aromatic N) is 1. The predicted octanol–water partition coefficient (Wildman–Crippen LogP) is 3.13. The summed E-state index contributed by atoms with van der Waals surface area (Å²) < 4.78 is 47.6. The van der Waals surface area contributed by atoms with Gasteiger partial charge in [-0.3, -0.25) is 4.79 Å². The largest absolute Gasteiger partial charge is 0.493 e. The maximum atomic E-state index is 12.4. The number of halogens is 3. The standard InChI is InChI=1S/C15H13F3N2O3/c1-22-11-4-2-3-5-12(11)23-9-14(21)20-13-7-6-10(8-19-13)15(16,17)18/h2-8H,9H2,1H3,(H,19,20,21). The Labute approximate surface area is 130 Å². The van der Waals surface area contributed by atoms with Crippen molar-refractivity contribution in [2.24, 2.45) is 0 Å². The fraction of sp³-hybridized carbons (Fsp3) is 0.200. The summed E-state index contributed by atoms with van der Waals surface area (Å²) in [4.78, 5) is 15.3.